The van der Waals surface area contributed by atoms with E-state index in [2.05, 4.69) is 18.3 Å². The van der Waals surface area contributed by atoms with Crippen LogP contribution in [-0.4, -0.2) is 44.7 Å². The number of amides is 1. The van der Waals surface area contributed by atoms with Gasteiger partial charge in [-0.1, -0.05) is 13.0 Å². The van der Waals surface area contributed by atoms with Gasteiger partial charge < -0.3 is 25.4 Å². The van der Waals surface area contributed by atoms with Crippen molar-refractivity contribution in [3.63, 3.8) is 0 Å². The Morgan fingerprint density at radius 3 is 2.69 bits per heavy atom. The van der Waals surface area contributed by atoms with Crippen LogP contribution in [0.5, 0.6) is 11.5 Å². The molecule has 1 aromatic rings. The van der Waals surface area contributed by atoms with Crippen molar-refractivity contribution in [1.82, 2.24) is 0 Å². The lowest BCUT2D eigenvalue weighted by molar-refractivity contribution is -0.169. The Labute approximate surface area is 185 Å². The predicted molar refractivity (Wildman–Crippen MR) is 113 cm³/mol. The van der Waals surface area contributed by atoms with Crippen LogP contribution in [0.3, 0.4) is 0 Å². The number of allylic oxidation sites excluding steroid dienone is 2. The lowest BCUT2D eigenvalue weighted by atomic mass is 9.51. The zero-order chi connectivity index (χ0) is 23.1. The minimum absolute atomic E-state index is 0.00395. The van der Waals surface area contributed by atoms with Crippen molar-refractivity contribution in [1.29, 1.82) is 0 Å². The standard InChI is InChI=1S/C24H27NO7/c1-22(7-6-17(28)25-18-14(26)4-3-13(19(18)29)21(30)31)16(27)5-8-24-10-12-9-15(20(22)24)32-23(12,2)11-24/h3-5,8,12,15,20,26,29H,6-7,9-11H2,1-2H3,(H,25,28)(H,30,31)/t12-,15+,20?,22?,23+,24+/m1/s1. The fourth-order valence-electron chi connectivity index (χ4n) is 7.09. The van der Waals surface area contributed by atoms with Crippen LogP contribution in [0, 0.1) is 22.7 Å². The number of carboxylic acids is 1. The van der Waals surface area contributed by atoms with Crippen molar-refractivity contribution in [2.24, 2.45) is 22.7 Å². The second-order valence-corrected chi connectivity index (χ2v) is 10.3. The SMILES string of the molecule is CC1(CCC(=O)Nc2c(O)ccc(C(=O)O)c2O)C(=O)C=C[C@]23C[C@H]4C[C@H](O[C@@]4(C)C2)C13. The summed E-state index contributed by atoms with van der Waals surface area (Å²) in [6.07, 6.45) is 6.86. The van der Waals surface area contributed by atoms with Crippen LogP contribution in [-0.2, 0) is 14.3 Å². The lowest BCUT2D eigenvalue weighted by Crippen LogP contribution is -2.56. The summed E-state index contributed by atoms with van der Waals surface area (Å²) in [4.78, 5) is 37.0. The number of hydrogen-bond donors (Lipinski definition) is 4. The van der Waals surface area contributed by atoms with Crippen molar-refractivity contribution in [3.8, 4) is 11.5 Å². The normalized spacial score (nSPS) is 38.7. The number of benzene rings is 1. The van der Waals surface area contributed by atoms with Crippen molar-refractivity contribution in [2.75, 3.05) is 5.32 Å². The maximum Gasteiger partial charge on any atom is 0.339 e. The van der Waals surface area contributed by atoms with Crippen LogP contribution in [0.4, 0.5) is 5.69 Å². The van der Waals surface area contributed by atoms with E-state index in [4.69, 9.17) is 9.84 Å². The molecule has 2 unspecified atom stereocenters. The fourth-order valence-corrected chi connectivity index (χ4v) is 7.09. The van der Waals surface area contributed by atoms with Crippen LogP contribution in [0.2, 0.25) is 0 Å². The molecule has 4 N–H and O–H groups in total. The summed E-state index contributed by atoms with van der Waals surface area (Å²) in [5, 5.41) is 31.7. The highest BCUT2D eigenvalue weighted by Gasteiger charge is 2.71. The number of ketones is 1. The summed E-state index contributed by atoms with van der Waals surface area (Å²) in [5.41, 5.74) is -1.75. The first-order chi connectivity index (χ1) is 15.0. The Kier molecular flexibility index (Phi) is 4.31. The Balaban J connectivity index is 1.36. The molecule has 0 aromatic heterocycles. The number of aromatic hydroxyl groups is 2. The smallest absolute Gasteiger partial charge is 0.339 e. The van der Waals surface area contributed by atoms with Gasteiger partial charge >= 0.3 is 5.97 Å². The average molecular weight is 441 g/mol. The van der Waals surface area contributed by atoms with Gasteiger partial charge in [-0.2, -0.15) is 0 Å². The first kappa shape index (κ1) is 21.0. The third-order valence-corrected chi connectivity index (χ3v) is 8.44. The predicted octanol–water partition coefficient (Wildman–Crippen LogP) is 3.23. The van der Waals surface area contributed by atoms with Crippen LogP contribution in [0.1, 0.15) is 56.3 Å². The van der Waals surface area contributed by atoms with Gasteiger partial charge in [0.25, 0.3) is 0 Å². The number of phenols is 2. The van der Waals surface area contributed by atoms with Gasteiger partial charge in [0.05, 0.1) is 11.7 Å². The lowest BCUT2D eigenvalue weighted by Gasteiger charge is -2.55. The minimum Gasteiger partial charge on any atom is -0.506 e. The number of carboxylic acid groups (broad SMARTS) is 1. The Bertz CT molecular complexity index is 1080. The second-order valence-electron chi connectivity index (χ2n) is 10.3. The Morgan fingerprint density at radius 1 is 1.25 bits per heavy atom. The quantitative estimate of drug-likeness (QED) is 0.516. The molecular weight excluding hydrogens is 414 g/mol. The molecule has 1 amide bonds. The molecule has 1 aromatic carbocycles. The van der Waals surface area contributed by atoms with Crippen molar-refractivity contribution in [3.05, 3.63) is 29.8 Å². The largest absolute Gasteiger partial charge is 0.506 e. The second kappa shape index (κ2) is 6.57. The number of hydrogen-bond acceptors (Lipinski definition) is 6. The van der Waals surface area contributed by atoms with E-state index < -0.39 is 34.4 Å². The van der Waals surface area contributed by atoms with E-state index in [0.717, 1.165) is 31.4 Å². The minimum atomic E-state index is -1.38. The van der Waals surface area contributed by atoms with Crippen molar-refractivity contribution in [2.45, 2.75) is 57.7 Å². The average Bonchev–Trinajstić information content (AvgIpc) is 3.08. The number of anilines is 1. The molecule has 8 nitrogen and oxygen atoms in total. The van der Waals surface area contributed by atoms with Crippen LogP contribution < -0.4 is 5.32 Å². The molecule has 170 valence electrons. The highest BCUT2D eigenvalue weighted by molar-refractivity contribution is 6.00. The molecule has 6 atom stereocenters. The number of ether oxygens (including phenoxy) is 1. The molecule has 4 fully saturated rings. The van der Waals surface area contributed by atoms with Crippen LogP contribution in [0.15, 0.2) is 24.3 Å². The number of phenolic OH excluding ortho intramolecular Hbond substituents is 1. The summed E-state index contributed by atoms with van der Waals surface area (Å²) in [6.45, 7) is 4.08. The molecule has 32 heavy (non-hydrogen) atoms. The van der Waals surface area contributed by atoms with E-state index in [-0.39, 0.29) is 47.4 Å². The fraction of sp³-hybridized carbons (Fsp3) is 0.542. The Hall–Kier alpha value is -2.87. The number of nitrogens with one attached hydrogen (secondary N) is 1. The molecule has 2 saturated carbocycles. The summed E-state index contributed by atoms with van der Waals surface area (Å²) in [7, 11) is 0. The molecule has 1 spiro atoms. The van der Waals surface area contributed by atoms with Crippen molar-refractivity contribution < 1.29 is 34.4 Å². The van der Waals surface area contributed by atoms with E-state index in [0.29, 0.717) is 5.92 Å². The molecule has 5 aliphatic rings. The van der Waals surface area contributed by atoms with E-state index in [1.54, 1.807) is 6.08 Å². The maximum absolute atomic E-state index is 13.1. The van der Waals surface area contributed by atoms with E-state index >= 15 is 0 Å². The number of carbonyl (C=O) groups excluding carboxylic acids is 2. The van der Waals surface area contributed by atoms with Crippen LogP contribution in [0.25, 0.3) is 0 Å². The summed E-state index contributed by atoms with van der Waals surface area (Å²) < 4.78 is 6.41. The first-order valence-electron chi connectivity index (χ1n) is 11.0. The highest BCUT2D eigenvalue weighted by Crippen LogP contribution is 2.71. The molecule has 2 aliphatic heterocycles. The van der Waals surface area contributed by atoms with Gasteiger partial charge in [0.1, 0.15) is 17.0 Å². The first-order valence-corrected chi connectivity index (χ1v) is 11.0. The summed E-state index contributed by atoms with van der Waals surface area (Å²) >= 11 is 0. The van der Waals surface area contributed by atoms with Gasteiger partial charge in [-0.05, 0) is 62.1 Å². The summed E-state index contributed by atoms with van der Waals surface area (Å²) in [6, 6.07) is 2.16. The van der Waals surface area contributed by atoms with Gasteiger partial charge in [-0.3, -0.25) is 9.59 Å². The molecule has 6 rings (SSSR count). The topological polar surface area (TPSA) is 133 Å². The van der Waals surface area contributed by atoms with Gasteiger partial charge in [0.15, 0.2) is 11.5 Å². The molecule has 2 heterocycles. The van der Waals surface area contributed by atoms with Gasteiger partial charge in [-0.25, -0.2) is 4.79 Å². The zero-order valence-electron chi connectivity index (χ0n) is 18.1. The third-order valence-electron chi connectivity index (χ3n) is 8.44. The molecule has 3 aliphatic carbocycles. The monoisotopic (exact) mass is 441 g/mol. The third kappa shape index (κ3) is 2.75. The van der Waals surface area contributed by atoms with E-state index in [1.807, 2.05) is 6.92 Å². The number of rotatable bonds is 5. The Morgan fingerprint density at radius 2 is 2.00 bits per heavy atom. The zero-order valence-corrected chi connectivity index (χ0v) is 18.1. The van der Waals surface area contributed by atoms with Gasteiger partial charge in [0, 0.05) is 17.8 Å². The molecule has 8 heteroatoms. The van der Waals surface area contributed by atoms with E-state index in [9.17, 15) is 24.6 Å². The van der Waals surface area contributed by atoms with Crippen LogP contribution >= 0.6 is 0 Å². The number of aromatic carboxylic acids is 1. The maximum atomic E-state index is 13.1. The van der Waals surface area contributed by atoms with Gasteiger partial charge in [0.2, 0.25) is 5.91 Å². The van der Waals surface area contributed by atoms with E-state index in [1.165, 1.54) is 0 Å². The highest BCUT2D eigenvalue weighted by atomic mass is 16.5. The van der Waals surface area contributed by atoms with Crippen molar-refractivity contribution >= 4 is 23.3 Å². The molecule has 0 radical (unpaired) electrons. The number of carbonyl (C=O) groups is 3. The molecular formula is C24H27NO7. The molecule has 4 bridgehead atoms. The van der Waals surface area contributed by atoms with Gasteiger partial charge in [-0.15, -0.1) is 0 Å². The molecule has 2 saturated heterocycles. The summed E-state index contributed by atoms with van der Waals surface area (Å²) in [5.74, 6) is -2.55.